The van der Waals surface area contributed by atoms with Gasteiger partial charge in [-0.05, 0) is 43.3 Å². The fourth-order valence-electron chi connectivity index (χ4n) is 2.49. The van der Waals surface area contributed by atoms with Gasteiger partial charge < -0.3 is 5.32 Å². The second-order valence-electron chi connectivity index (χ2n) is 5.06. The number of hydrogen-bond donors (Lipinski definition) is 1. The van der Waals surface area contributed by atoms with Crippen LogP contribution in [0.5, 0.6) is 0 Å². The fraction of sp³-hybridized carbons (Fsp3) is 0.235. The minimum Gasteiger partial charge on any atom is -0.310 e. The highest BCUT2D eigenvalue weighted by Crippen LogP contribution is 2.22. The normalized spacial score (nSPS) is 12.7. The molecule has 1 aromatic heterocycles. The van der Waals surface area contributed by atoms with Crippen LogP contribution in [-0.2, 0) is 0 Å². The Morgan fingerprint density at radius 2 is 2.00 bits per heavy atom. The number of aromatic nitrogens is 1. The van der Waals surface area contributed by atoms with Gasteiger partial charge in [0.25, 0.3) is 5.56 Å². The second-order valence-corrected chi connectivity index (χ2v) is 6.05. The third-order valence-corrected chi connectivity index (χ3v) is 4.72. The number of nitrogens with zero attached hydrogens (tertiary/aromatic N) is 1. The molecule has 3 aromatic rings. The van der Waals surface area contributed by atoms with Crippen molar-refractivity contribution in [1.29, 1.82) is 0 Å². The molecule has 0 saturated carbocycles. The molecular formula is C17H18N2OS. The molecule has 1 atom stereocenters. The van der Waals surface area contributed by atoms with E-state index < -0.39 is 0 Å². The van der Waals surface area contributed by atoms with Gasteiger partial charge in [-0.1, -0.05) is 42.7 Å². The van der Waals surface area contributed by atoms with Crippen LogP contribution in [-0.4, -0.2) is 10.5 Å². The highest BCUT2D eigenvalue weighted by Gasteiger charge is 2.10. The standard InChI is InChI=1S/C17H18N2OS/c1-3-18-12(2)13-7-6-8-14(11-13)19-17(20)15-9-4-5-10-16(15)21-19/h4-12,18H,3H2,1-2H3. The average Bonchev–Trinajstić information content (AvgIpc) is 2.85. The molecule has 0 aliphatic carbocycles. The van der Waals surface area contributed by atoms with Gasteiger partial charge in [0.15, 0.2) is 0 Å². The summed E-state index contributed by atoms with van der Waals surface area (Å²) in [5.41, 5.74) is 2.19. The van der Waals surface area contributed by atoms with Crippen molar-refractivity contribution in [1.82, 2.24) is 9.27 Å². The van der Waals surface area contributed by atoms with Crippen molar-refractivity contribution < 1.29 is 0 Å². The lowest BCUT2D eigenvalue weighted by atomic mass is 10.1. The maximum Gasteiger partial charge on any atom is 0.273 e. The lowest BCUT2D eigenvalue weighted by Gasteiger charge is -2.13. The Morgan fingerprint density at radius 3 is 2.76 bits per heavy atom. The molecule has 21 heavy (non-hydrogen) atoms. The van der Waals surface area contributed by atoms with Crippen LogP contribution in [0, 0.1) is 0 Å². The summed E-state index contributed by atoms with van der Waals surface area (Å²) in [6.07, 6.45) is 0. The summed E-state index contributed by atoms with van der Waals surface area (Å²) in [6, 6.07) is 16.2. The van der Waals surface area contributed by atoms with Crippen molar-refractivity contribution in [2.45, 2.75) is 19.9 Å². The molecule has 0 aliphatic heterocycles. The van der Waals surface area contributed by atoms with Gasteiger partial charge in [0, 0.05) is 6.04 Å². The monoisotopic (exact) mass is 298 g/mol. The van der Waals surface area contributed by atoms with E-state index >= 15 is 0 Å². The van der Waals surface area contributed by atoms with E-state index in [0.29, 0.717) is 0 Å². The van der Waals surface area contributed by atoms with E-state index in [1.54, 1.807) is 3.96 Å². The average molecular weight is 298 g/mol. The zero-order valence-electron chi connectivity index (χ0n) is 12.2. The maximum absolute atomic E-state index is 12.5. The predicted molar refractivity (Wildman–Crippen MR) is 89.5 cm³/mol. The first-order valence-electron chi connectivity index (χ1n) is 7.15. The Hall–Kier alpha value is -1.91. The van der Waals surface area contributed by atoms with Crippen LogP contribution < -0.4 is 10.9 Å². The summed E-state index contributed by atoms with van der Waals surface area (Å²) in [4.78, 5) is 12.5. The van der Waals surface area contributed by atoms with E-state index in [1.807, 2.05) is 36.4 Å². The second kappa shape index (κ2) is 5.84. The van der Waals surface area contributed by atoms with Crippen molar-refractivity contribution in [3.8, 4) is 5.69 Å². The predicted octanol–water partition coefficient (Wildman–Crippen LogP) is 3.72. The highest BCUT2D eigenvalue weighted by molar-refractivity contribution is 7.14. The molecule has 0 fully saturated rings. The van der Waals surface area contributed by atoms with Gasteiger partial charge >= 0.3 is 0 Å². The minimum absolute atomic E-state index is 0.0591. The fourth-order valence-corrected chi connectivity index (χ4v) is 3.48. The lowest BCUT2D eigenvalue weighted by Crippen LogP contribution is -2.18. The molecule has 1 heterocycles. The molecule has 4 heteroatoms. The van der Waals surface area contributed by atoms with Gasteiger partial charge in [0.05, 0.1) is 15.8 Å². The van der Waals surface area contributed by atoms with Crippen LogP contribution in [0.3, 0.4) is 0 Å². The number of nitrogens with one attached hydrogen (secondary N) is 1. The van der Waals surface area contributed by atoms with E-state index in [4.69, 9.17) is 0 Å². The minimum atomic E-state index is 0.0591. The first-order chi connectivity index (χ1) is 10.2. The summed E-state index contributed by atoms with van der Waals surface area (Å²) >= 11 is 1.49. The zero-order chi connectivity index (χ0) is 14.8. The Labute approximate surface area is 128 Å². The molecule has 3 nitrogen and oxygen atoms in total. The van der Waals surface area contributed by atoms with Crippen molar-refractivity contribution >= 4 is 21.6 Å². The maximum atomic E-state index is 12.5. The Morgan fingerprint density at radius 1 is 1.19 bits per heavy atom. The smallest absolute Gasteiger partial charge is 0.273 e. The summed E-state index contributed by atoms with van der Waals surface area (Å²) in [6.45, 7) is 5.15. The molecule has 0 aliphatic rings. The van der Waals surface area contributed by atoms with Crippen LogP contribution in [0.1, 0.15) is 25.5 Å². The first-order valence-corrected chi connectivity index (χ1v) is 7.93. The van der Waals surface area contributed by atoms with Gasteiger partial charge in [-0.3, -0.25) is 4.79 Å². The highest BCUT2D eigenvalue weighted by atomic mass is 32.1. The van der Waals surface area contributed by atoms with Gasteiger partial charge in [-0.2, -0.15) is 0 Å². The van der Waals surface area contributed by atoms with Crippen LogP contribution in [0.2, 0.25) is 0 Å². The number of hydrogen-bond acceptors (Lipinski definition) is 3. The molecule has 108 valence electrons. The van der Waals surface area contributed by atoms with Crippen LogP contribution in [0.25, 0.3) is 15.8 Å². The molecule has 0 spiro atoms. The van der Waals surface area contributed by atoms with Gasteiger partial charge in [-0.25, -0.2) is 3.96 Å². The molecule has 1 N–H and O–H groups in total. The van der Waals surface area contributed by atoms with Gasteiger partial charge in [0.1, 0.15) is 0 Å². The molecule has 2 aromatic carbocycles. The topological polar surface area (TPSA) is 34.0 Å². The third kappa shape index (κ3) is 2.64. The SMILES string of the molecule is CCNC(C)c1cccc(-n2sc3ccccc3c2=O)c1. The third-order valence-electron chi connectivity index (χ3n) is 3.61. The largest absolute Gasteiger partial charge is 0.310 e. The molecular weight excluding hydrogens is 280 g/mol. The Kier molecular flexibility index (Phi) is 3.90. The van der Waals surface area contributed by atoms with Crippen molar-refractivity contribution in [2.24, 2.45) is 0 Å². The van der Waals surface area contributed by atoms with E-state index in [-0.39, 0.29) is 11.6 Å². The summed E-state index contributed by atoms with van der Waals surface area (Å²) < 4.78 is 2.79. The van der Waals surface area contributed by atoms with E-state index in [2.05, 4.69) is 31.3 Å². The zero-order valence-corrected chi connectivity index (χ0v) is 13.0. The lowest BCUT2D eigenvalue weighted by molar-refractivity contribution is 0.598. The summed E-state index contributed by atoms with van der Waals surface area (Å²) in [5, 5.41) is 4.18. The quantitative estimate of drug-likeness (QED) is 0.796. The van der Waals surface area contributed by atoms with Crippen molar-refractivity contribution in [3.63, 3.8) is 0 Å². The summed E-state index contributed by atoms with van der Waals surface area (Å²) in [7, 11) is 0. The molecule has 0 bridgehead atoms. The number of rotatable bonds is 4. The molecule has 0 saturated heterocycles. The Bertz CT molecular complexity index is 819. The van der Waals surface area contributed by atoms with Crippen molar-refractivity contribution in [3.05, 3.63) is 64.4 Å². The van der Waals surface area contributed by atoms with Gasteiger partial charge in [-0.15, -0.1) is 0 Å². The van der Waals surface area contributed by atoms with E-state index in [9.17, 15) is 4.79 Å². The molecule has 1 unspecified atom stereocenters. The Balaban J connectivity index is 2.08. The molecule has 3 rings (SSSR count). The molecule has 0 amide bonds. The molecule has 0 radical (unpaired) electrons. The van der Waals surface area contributed by atoms with Crippen LogP contribution >= 0.6 is 11.5 Å². The van der Waals surface area contributed by atoms with Gasteiger partial charge in [0.2, 0.25) is 0 Å². The van der Waals surface area contributed by atoms with Crippen molar-refractivity contribution in [2.75, 3.05) is 6.54 Å². The number of fused-ring (bicyclic) bond motifs is 1. The van der Waals surface area contributed by atoms with Crippen LogP contribution in [0.4, 0.5) is 0 Å². The first kappa shape index (κ1) is 14.0. The number of benzene rings is 2. The van der Waals surface area contributed by atoms with E-state index in [0.717, 1.165) is 22.3 Å². The van der Waals surface area contributed by atoms with Crippen LogP contribution in [0.15, 0.2) is 53.3 Å². The van der Waals surface area contributed by atoms with E-state index in [1.165, 1.54) is 17.1 Å². The summed E-state index contributed by atoms with van der Waals surface area (Å²) in [5.74, 6) is 0.